The van der Waals surface area contributed by atoms with E-state index in [-0.39, 0.29) is 5.92 Å². The highest BCUT2D eigenvalue weighted by molar-refractivity contribution is 6.35. The molecule has 6 nitrogen and oxygen atoms in total. The maximum Gasteiger partial charge on any atom is 0.230 e. The number of aromatic nitrogens is 4. The lowest BCUT2D eigenvalue weighted by Crippen LogP contribution is -2.33. The van der Waals surface area contributed by atoms with Crippen LogP contribution in [0.25, 0.3) is 22.3 Å². The van der Waals surface area contributed by atoms with Crippen molar-refractivity contribution in [1.29, 1.82) is 0 Å². The van der Waals surface area contributed by atoms with E-state index in [9.17, 15) is 0 Å². The molecule has 0 amide bonds. The predicted molar refractivity (Wildman–Crippen MR) is 108 cm³/mol. The zero-order chi connectivity index (χ0) is 18.9. The first-order valence-corrected chi connectivity index (χ1v) is 9.70. The number of nitrogens with zero attached hydrogens (tertiary/aromatic N) is 5. The Morgan fingerprint density at radius 3 is 2.71 bits per heavy atom. The largest absolute Gasteiger partial charge is 0.357 e. The van der Waals surface area contributed by atoms with E-state index in [4.69, 9.17) is 21.1 Å². The van der Waals surface area contributed by atoms with E-state index >= 15 is 0 Å². The fourth-order valence-corrected chi connectivity index (χ4v) is 3.87. The molecular formula is C21H18ClN5O. The number of hydrogen-bond acceptors (Lipinski definition) is 6. The van der Waals surface area contributed by atoms with E-state index in [1.807, 2.05) is 30.3 Å². The fourth-order valence-electron chi connectivity index (χ4n) is 3.65. The van der Waals surface area contributed by atoms with Crippen molar-refractivity contribution in [1.82, 2.24) is 20.1 Å². The molecule has 140 valence electrons. The normalized spacial score (nSPS) is 15.2. The topological polar surface area (TPSA) is 67.9 Å². The molecule has 1 aliphatic heterocycles. The minimum absolute atomic E-state index is 0.262. The molecule has 0 radical (unpaired) electrons. The summed E-state index contributed by atoms with van der Waals surface area (Å²) in [7, 11) is 0. The van der Waals surface area contributed by atoms with E-state index in [0.717, 1.165) is 48.2 Å². The van der Waals surface area contributed by atoms with Gasteiger partial charge in [0.2, 0.25) is 11.7 Å². The van der Waals surface area contributed by atoms with Crippen LogP contribution in [0.15, 0.2) is 59.4 Å². The second kappa shape index (κ2) is 7.20. The Kier molecular flexibility index (Phi) is 4.41. The number of pyridine rings is 2. The van der Waals surface area contributed by atoms with Gasteiger partial charge in [0.15, 0.2) is 0 Å². The summed E-state index contributed by atoms with van der Waals surface area (Å²) in [6.07, 6.45) is 5.36. The van der Waals surface area contributed by atoms with Crippen molar-refractivity contribution in [2.24, 2.45) is 0 Å². The zero-order valence-corrected chi connectivity index (χ0v) is 15.9. The van der Waals surface area contributed by atoms with E-state index < -0.39 is 0 Å². The number of halogens is 1. The summed E-state index contributed by atoms with van der Waals surface area (Å²) in [5, 5.41) is 5.85. The molecule has 0 atom stereocenters. The SMILES string of the molecule is Clc1cccc2ccc(N3CCC(c4nc(-c5cccnc5)no4)CC3)nc12. The molecule has 1 fully saturated rings. The van der Waals surface area contributed by atoms with Crippen LogP contribution in [0.3, 0.4) is 0 Å². The average molecular weight is 392 g/mol. The number of benzene rings is 1. The van der Waals surface area contributed by atoms with Crippen molar-refractivity contribution >= 4 is 28.3 Å². The molecule has 4 heterocycles. The fraction of sp³-hybridized carbons (Fsp3) is 0.238. The summed E-state index contributed by atoms with van der Waals surface area (Å²) in [4.78, 5) is 15.8. The van der Waals surface area contributed by atoms with Gasteiger partial charge in [-0.15, -0.1) is 0 Å². The molecule has 1 saturated heterocycles. The van der Waals surface area contributed by atoms with Crippen LogP contribution >= 0.6 is 11.6 Å². The van der Waals surface area contributed by atoms with Crippen molar-refractivity contribution in [2.45, 2.75) is 18.8 Å². The van der Waals surface area contributed by atoms with Crippen molar-refractivity contribution < 1.29 is 4.52 Å². The molecule has 1 aromatic carbocycles. The molecule has 0 saturated carbocycles. The van der Waals surface area contributed by atoms with Crippen molar-refractivity contribution in [3.63, 3.8) is 0 Å². The lowest BCUT2D eigenvalue weighted by atomic mass is 9.96. The predicted octanol–water partition coefficient (Wildman–Crippen LogP) is 4.72. The van der Waals surface area contributed by atoms with Crippen LogP contribution in [-0.4, -0.2) is 33.2 Å². The third-order valence-corrected chi connectivity index (χ3v) is 5.49. The molecule has 0 unspecified atom stereocenters. The van der Waals surface area contributed by atoms with Crippen molar-refractivity contribution in [3.05, 3.63) is 65.8 Å². The smallest absolute Gasteiger partial charge is 0.230 e. The van der Waals surface area contributed by atoms with Gasteiger partial charge in [-0.1, -0.05) is 28.9 Å². The monoisotopic (exact) mass is 391 g/mol. The molecule has 7 heteroatoms. The molecule has 0 bridgehead atoms. The first kappa shape index (κ1) is 17.1. The van der Waals surface area contributed by atoms with Gasteiger partial charge in [0.1, 0.15) is 5.82 Å². The Morgan fingerprint density at radius 1 is 1.00 bits per heavy atom. The molecule has 0 N–H and O–H groups in total. The number of para-hydroxylation sites is 1. The van der Waals surface area contributed by atoms with Crippen LogP contribution in [0, 0.1) is 0 Å². The van der Waals surface area contributed by atoms with Gasteiger partial charge < -0.3 is 9.42 Å². The summed E-state index contributed by atoms with van der Waals surface area (Å²) in [5.41, 5.74) is 1.72. The first-order chi connectivity index (χ1) is 13.8. The molecule has 28 heavy (non-hydrogen) atoms. The second-order valence-corrected chi connectivity index (χ2v) is 7.35. The molecule has 0 spiro atoms. The van der Waals surface area contributed by atoms with Crippen LogP contribution in [0.2, 0.25) is 5.02 Å². The highest BCUT2D eigenvalue weighted by atomic mass is 35.5. The highest BCUT2D eigenvalue weighted by Gasteiger charge is 2.26. The van der Waals surface area contributed by atoms with Gasteiger partial charge in [0.05, 0.1) is 10.5 Å². The summed E-state index contributed by atoms with van der Waals surface area (Å²) < 4.78 is 5.53. The Balaban J connectivity index is 1.30. The molecular weight excluding hydrogens is 374 g/mol. The number of piperidine rings is 1. The number of anilines is 1. The maximum atomic E-state index is 6.31. The van der Waals surface area contributed by atoms with Crippen LogP contribution in [0.1, 0.15) is 24.7 Å². The zero-order valence-electron chi connectivity index (χ0n) is 15.1. The quantitative estimate of drug-likeness (QED) is 0.503. The molecule has 4 aromatic rings. The summed E-state index contributed by atoms with van der Waals surface area (Å²) in [6, 6.07) is 13.8. The van der Waals surface area contributed by atoms with Gasteiger partial charge in [-0.05, 0) is 43.2 Å². The standard InChI is InChI=1S/C21H18ClN5O/c22-17-5-1-3-14-6-7-18(24-19(14)17)27-11-8-15(9-12-27)21-25-20(26-28-21)16-4-2-10-23-13-16/h1-7,10,13,15H,8-9,11-12H2. The third kappa shape index (κ3) is 3.20. The van der Waals surface area contributed by atoms with Crippen LogP contribution in [0.5, 0.6) is 0 Å². The van der Waals surface area contributed by atoms with Crippen LogP contribution in [-0.2, 0) is 0 Å². The van der Waals surface area contributed by atoms with Crippen molar-refractivity contribution in [2.75, 3.05) is 18.0 Å². The lowest BCUT2D eigenvalue weighted by Gasteiger charge is -2.31. The molecule has 0 aliphatic carbocycles. The van der Waals surface area contributed by atoms with Crippen molar-refractivity contribution in [3.8, 4) is 11.4 Å². The minimum Gasteiger partial charge on any atom is -0.357 e. The van der Waals surface area contributed by atoms with Gasteiger partial charge in [0.25, 0.3) is 0 Å². The summed E-state index contributed by atoms with van der Waals surface area (Å²) >= 11 is 6.31. The van der Waals surface area contributed by atoms with Gasteiger partial charge in [-0.25, -0.2) is 4.98 Å². The van der Waals surface area contributed by atoms with E-state index in [0.29, 0.717) is 16.7 Å². The Labute approximate surface area is 167 Å². The van der Waals surface area contributed by atoms with Gasteiger partial charge in [-0.2, -0.15) is 4.98 Å². The molecule has 3 aromatic heterocycles. The van der Waals surface area contributed by atoms with Gasteiger partial charge >= 0.3 is 0 Å². The van der Waals surface area contributed by atoms with E-state index in [2.05, 4.69) is 32.2 Å². The number of hydrogen-bond donors (Lipinski definition) is 0. The van der Waals surface area contributed by atoms with E-state index in [1.165, 1.54) is 0 Å². The maximum absolute atomic E-state index is 6.31. The number of rotatable bonds is 3. The lowest BCUT2D eigenvalue weighted by molar-refractivity contribution is 0.329. The highest BCUT2D eigenvalue weighted by Crippen LogP contribution is 2.31. The van der Waals surface area contributed by atoms with Gasteiger partial charge in [0, 0.05) is 42.4 Å². The number of fused-ring (bicyclic) bond motifs is 1. The minimum atomic E-state index is 0.262. The Hall–Kier alpha value is -2.99. The van der Waals surface area contributed by atoms with Crippen LogP contribution < -0.4 is 4.90 Å². The van der Waals surface area contributed by atoms with Crippen LogP contribution in [0.4, 0.5) is 5.82 Å². The average Bonchev–Trinajstić information content (AvgIpc) is 3.25. The third-order valence-electron chi connectivity index (χ3n) is 5.19. The molecule has 5 rings (SSSR count). The first-order valence-electron chi connectivity index (χ1n) is 9.32. The summed E-state index contributed by atoms with van der Waals surface area (Å²) in [6.45, 7) is 1.77. The van der Waals surface area contributed by atoms with E-state index in [1.54, 1.807) is 12.4 Å². The summed E-state index contributed by atoms with van der Waals surface area (Å²) in [5.74, 6) is 2.52. The second-order valence-electron chi connectivity index (χ2n) is 6.94. The Morgan fingerprint density at radius 2 is 1.89 bits per heavy atom. The molecule has 1 aliphatic rings. The van der Waals surface area contributed by atoms with Gasteiger partial charge in [-0.3, -0.25) is 4.98 Å². The Bertz CT molecular complexity index is 1110.